The Morgan fingerprint density at radius 2 is 2.44 bits per heavy atom. The van der Waals surface area contributed by atoms with Crippen LogP contribution in [0, 0.1) is 5.92 Å². The van der Waals surface area contributed by atoms with Gasteiger partial charge in [-0.1, -0.05) is 0 Å². The Morgan fingerprint density at radius 3 is 2.67 bits per heavy atom. The Bertz CT molecular complexity index is 154. The average Bonchev–Trinajstić information content (AvgIpc) is 2.14. The van der Waals surface area contributed by atoms with Crippen molar-refractivity contribution in [1.29, 1.82) is 0 Å². The van der Waals surface area contributed by atoms with Gasteiger partial charge in [0.25, 0.3) is 0 Å². The van der Waals surface area contributed by atoms with Gasteiger partial charge < -0.3 is 4.74 Å². The summed E-state index contributed by atoms with van der Waals surface area (Å²) in [4.78, 5) is 20.6. The van der Waals surface area contributed by atoms with Crippen LogP contribution in [0.15, 0.2) is 0 Å². The first-order chi connectivity index (χ1) is 4.20. The van der Waals surface area contributed by atoms with Crippen molar-refractivity contribution in [2.24, 2.45) is 5.92 Å². The third kappa shape index (κ3) is 1.42. The van der Waals surface area contributed by atoms with Crippen LogP contribution in [0.2, 0.25) is 0 Å². The van der Waals surface area contributed by atoms with Crippen LogP contribution in [0.1, 0.15) is 6.42 Å². The zero-order valence-corrected chi connectivity index (χ0v) is 5.35. The summed E-state index contributed by atoms with van der Waals surface area (Å²) in [5.74, 6) is -0.742. The molecule has 0 aromatic rings. The largest absolute Gasteiger partial charge is 0.465 e. The molecule has 1 saturated heterocycles. The summed E-state index contributed by atoms with van der Waals surface area (Å²) in [5.41, 5.74) is 0. The molecule has 0 N–H and O–H groups in total. The zero-order chi connectivity index (χ0) is 6.85. The van der Waals surface area contributed by atoms with Crippen molar-refractivity contribution in [3.8, 4) is 0 Å². The van der Waals surface area contributed by atoms with Gasteiger partial charge >= 0.3 is 5.97 Å². The summed E-state index contributed by atoms with van der Waals surface area (Å²) in [6.45, 7) is 0.154. The summed E-state index contributed by atoms with van der Waals surface area (Å²) in [7, 11) is 0. The lowest BCUT2D eigenvalue weighted by Crippen LogP contribution is -2.06. The van der Waals surface area contributed by atoms with E-state index in [0.717, 1.165) is 0 Å². The van der Waals surface area contributed by atoms with Crippen molar-refractivity contribution in [3.63, 3.8) is 0 Å². The molecular weight excluding hydrogens is 144 g/mol. The van der Waals surface area contributed by atoms with Crippen LogP contribution < -0.4 is 0 Å². The Balaban J connectivity index is 2.48. The van der Waals surface area contributed by atoms with Crippen LogP contribution in [0.5, 0.6) is 0 Å². The summed E-state index contributed by atoms with van der Waals surface area (Å²) in [5, 5.41) is -0.485. The molecule has 4 heteroatoms. The fourth-order valence-corrected chi connectivity index (χ4v) is 0.798. The first-order valence-electron chi connectivity index (χ1n) is 2.55. The van der Waals surface area contributed by atoms with E-state index in [1.807, 2.05) is 0 Å². The maximum atomic E-state index is 10.3. The molecule has 1 unspecified atom stereocenters. The molecule has 0 bridgehead atoms. The molecular formula is C5H5ClO3. The van der Waals surface area contributed by atoms with E-state index < -0.39 is 11.2 Å². The van der Waals surface area contributed by atoms with Crippen molar-refractivity contribution in [3.05, 3.63) is 0 Å². The number of hydrogen-bond donors (Lipinski definition) is 0. The average molecular weight is 149 g/mol. The van der Waals surface area contributed by atoms with Crippen molar-refractivity contribution in [2.45, 2.75) is 6.42 Å². The second-order valence-corrected chi connectivity index (χ2v) is 2.26. The van der Waals surface area contributed by atoms with Crippen molar-refractivity contribution in [2.75, 3.05) is 6.61 Å². The van der Waals surface area contributed by atoms with Crippen molar-refractivity contribution < 1.29 is 14.3 Å². The minimum absolute atomic E-state index is 0.141. The molecule has 0 radical (unpaired) electrons. The molecule has 0 aromatic heterocycles. The standard InChI is InChI=1S/C5H5ClO3/c6-5(8)3-1-4(7)9-2-3/h3H,1-2H2. The lowest BCUT2D eigenvalue weighted by atomic mass is 10.1. The SMILES string of the molecule is O=C1CC(C(=O)Cl)CO1. The molecule has 1 aliphatic rings. The van der Waals surface area contributed by atoms with Crippen molar-refractivity contribution in [1.82, 2.24) is 0 Å². The molecule has 1 aliphatic heterocycles. The van der Waals surface area contributed by atoms with E-state index in [0.29, 0.717) is 0 Å². The lowest BCUT2D eigenvalue weighted by Gasteiger charge is -1.93. The maximum absolute atomic E-state index is 10.3. The van der Waals surface area contributed by atoms with E-state index in [2.05, 4.69) is 4.74 Å². The van der Waals surface area contributed by atoms with E-state index in [4.69, 9.17) is 11.6 Å². The topological polar surface area (TPSA) is 43.4 Å². The van der Waals surface area contributed by atoms with Crippen LogP contribution >= 0.6 is 11.6 Å². The summed E-state index contributed by atoms with van der Waals surface area (Å²) < 4.78 is 4.48. The highest BCUT2D eigenvalue weighted by molar-refractivity contribution is 6.64. The van der Waals surface area contributed by atoms with Crippen LogP contribution in [0.25, 0.3) is 0 Å². The molecule has 0 amide bonds. The zero-order valence-electron chi connectivity index (χ0n) is 4.59. The number of halogens is 1. The van der Waals surface area contributed by atoms with E-state index in [1.165, 1.54) is 0 Å². The fraction of sp³-hybridized carbons (Fsp3) is 0.600. The van der Waals surface area contributed by atoms with Gasteiger partial charge in [0.2, 0.25) is 5.24 Å². The summed E-state index contributed by atoms with van der Waals surface area (Å²) in [6.07, 6.45) is 0.141. The third-order valence-electron chi connectivity index (χ3n) is 1.18. The number of carbonyl (C=O) groups excluding carboxylic acids is 2. The van der Waals surface area contributed by atoms with Gasteiger partial charge in [0.05, 0.1) is 12.3 Å². The van der Waals surface area contributed by atoms with Crippen LogP contribution in [-0.4, -0.2) is 17.8 Å². The molecule has 0 saturated carbocycles. The number of hydrogen-bond acceptors (Lipinski definition) is 3. The maximum Gasteiger partial charge on any atom is 0.306 e. The van der Waals surface area contributed by atoms with E-state index in [-0.39, 0.29) is 19.0 Å². The van der Waals surface area contributed by atoms with Gasteiger partial charge in [-0.3, -0.25) is 9.59 Å². The molecule has 3 nitrogen and oxygen atoms in total. The Labute approximate surface area is 56.9 Å². The first kappa shape index (κ1) is 6.55. The molecule has 0 spiro atoms. The molecule has 0 aromatic carbocycles. The highest BCUT2D eigenvalue weighted by Crippen LogP contribution is 2.15. The van der Waals surface area contributed by atoms with Gasteiger partial charge in [-0.25, -0.2) is 0 Å². The quantitative estimate of drug-likeness (QED) is 0.397. The number of esters is 1. The summed E-state index contributed by atoms with van der Waals surface area (Å²) in [6, 6.07) is 0. The predicted molar refractivity (Wildman–Crippen MR) is 29.9 cm³/mol. The number of carbonyl (C=O) groups is 2. The smallest absolute Gasteiger partial charge is 0.306 e. The van der Waals surface area contributed by atoms with Gasteiger partial charge in [-0.15, -0.1) is 0 Å². The highest BCUT2D eigenvalue weighted by atomic mass is 35.5. The van der Waals surface area contributed by atoms with Gasteiger partial charge in [-0.2, -0.15) is 0 Å². The normalized spacial score (nSPS) is 25.9. The molecule has 0 aliphatic carbocycles. The number of ether oxygens (including phenoxy) is 1. The second kappa shape index (κ2) is 2.35. The van der Waals surface area contributed by atoms with Gasteiger partial charge in [0, 0.05) is 0 Å². The Hall–Kier alpha value is -0.570. The van der Waals surface area contributed by atoms with E-state index in [9.17, 15) is 9.59 Å². The molecule has 9 heavy (non-hydrogen) atoms. The van der Waals surface area contributed by atoms with Gasteiger partial charge in [-0.05, 0) is 11.6 Å². The summed E-state index contributed by atoms with van der Waals surface area (Å²) >= 11 is 5.08. The minimum Gasteiger partial charge on any atom is -0.465 e. The van der Waals surface area contributed by atoms with Crippen LogP contribution in [0.3, 0.4) is 0 Å². The fourth-order valence-electron chi connectivity index (χ4n) is 0.658. The molecule has 1 heterocycles. The second-order valence-electron chi connectivity index (χ2n) is 1.89. The molecule has 1 fully saturated rings. The molecule has 1 atom stereocenters. The molecule has 50 valence electrons. The number of cyclic esters (lactones) is 1. The first-order valence-corrected chi connectivity index (χ1v) is 2.93. The Morgan fingerprint density at radius 1 is 1.78 bits per heavy atom. The lowest BCUT2D eigenvalue weighted by molar-refractivity contribution is -0.137. The third-order valence-corrected chi connectivity index (χ3v) is 1.49. The van der Waals surface area contributed by atoms with Gasteiger partial charge in [0.1, 0.15) is 6.61 Å². The Kier molecular flexibility index (Phi) is 1.71. The van der Waals surface area contributed by atoms with Crippen LogP contribution in [0.4, 0.5) is 0 Å². The van der Waals surface area contributed by atoms with E-state index in [1.54, 1.807) is 0 Å². The monoisotopic (exact) mass is 148 g/mol. The minimum atomic E-state index is -0.485. The molecule has 1 rings (SSSR count). The van der Waals surface area contributed by atoms with Crippen molar-refractivity contribution >= 4 is 22.8 Å². The predicted octanol–water partition coefficient (Wildman–Crippen LogP) is 0.315. The van der Waals surface area contributed by atoms with E-state index >= 15 is 0 Å². The number of rotatable bonds is 1. The van der Waals surface area contributed by atoms with Crippen LogP contribution in [-0.2, 0) is 14.3 Å². The van der Waals surface area contributed by atoms with Gasteiger partial charge in [0.15, 0.2) is 0 Å². The highest BCUT2D eigenvalue weighted by Gasteiger charge is 2.28.